The van der Waals surface area contributed by atoms with E-state index in [9.17, 15) is 0 Å². The highest BCUT2D eigenvalue weighted by Gasteiger charge is 2.34. The van der Waals surface area contributed by atoms with Gasteiger partial charge < -0.3 is 10.1 Å². The Morgan fingerprint density at radius 3 is 2.63 bits per heavy atom. The van der Waals surface area contributed by atoms with Crippen LogP contribution in [0.3, 0.4) is 0 Å². The van der Waals surface area contributed by atoms with E-state index in [0.29, 0.717) is 0 Å². The van der Waals surface area contributed by atoms with E-state index < -0.39 is 0 Å². The van der Waals surface area contributed by atoms with Gasteiger partial charge in [0, 0.05) is 33.8 Å². The van der Waals surface area contributed by atoms with Crippen molar-refractivity contribution in [1.29, 1.82) is 0 Å². The van der Waals surface area contributed by atoms with Crippen LogP contribution in [-0.2, 0) is 0 Å². The molecular weight excluding hydrogens is 258 g/mol. The lowest BCUT2D eigenvalue weighted by molar-refractivity contribution is 0.0696. The number of ether oxygens (including phenoxy) is 1. The summed E-state index contributed by atoms with van der Waals surface area (Å²) >= 11 is 6.40. The molecule has 19 heavy (non-hydrogen) atoms. The van der Waals surface area contributed by atoms with Crippen molar-refractivity contribution >= 4 is 22.4 Å². The maximum Gasteiger partial charge on any atom is 0.132 e. The largest absolute Gasteiger partial charge is 0.487 e. The molecule has 3 rings (SSSR count). The Hall–Kier alpha value is -1.25. The van der Waals surface area contributed by atoms with Gasteiger partial charge in [0.15, 0.2) is 0 Å². The summed E-state index contributed by atoms with van der Waals surface area (Å²) in [5.41, 5.74) is 0.989. The van der Waals surface area contributed by atoms with Gasteiger partial charge in [0.05, 0.1) is 0 Å². The van der Waals surface area contributed by atoms with Crippen molar-refractivity contribution in [3.8, 4) is 5.75 Å². The van der Waals surface area contributed by atoms with Crippen LogP contribution in [0.1, 0.15) is 31.9 Å². The smallest absolute Gasteiger partial charge is 0.132 e. The summed E-state index contributed by atoms with van der Waals surface area (Å²) in [5.74, 6) is 0.968. The zero-order valence-electron chi connectivity index (χ0n) is 11.5. The molecule has 2 aromatic rings. The Morgan fingerprint density at radius 1 is 1.26 bits per heavy atom. The summed E-state index contributed by atoms with van der Waals surface area (Å²) in [6.45, 7) is 4.26. The second-order valence-corrected chi connectivity index (χ2v) is 6.14. The Balaban J connectivity index is 2.31. The van der Waals surface area contributed by atoms with Crippen LogP contribution >= 0.6 is 11.6 Å². The minimum absolute atomic E-state index is 0.169. The van der Waals surface area contributed by atoms with E-state index in [1.165, 1.54) is 0 Å². The van der Waals surface area contributed by atoms with E-state index in [4.69, 9.17) is 16.3 Å². The van der Waals surface area contributed by atoms with E-state index in [-0.39, 0.29) is 11.6 Å². The van der Waals surface area contributed by atoms with Crippen LogP contribution in [-0.4, -0.2) is 12.6 Å². The van der Waals surface area contributed by atoms with Gasteiger partial charge in [-0.3, -0.25) is 0 Å². The lowest BCUT2D eigenvalue weighted by Crippen LogP contribution is -2.38. The fraction of sp³-hybridized carbons (Fsp3) is 0.375. The van der Waals surface area contributed by atoms with Gasteiger partial charge in [0.2, 0.25) is 0 Å². The molecule has 3 heteroatoms. The molecule has 0 fully saturated rings. The number of hydrogen-bond acceptors (Lipinski definition) is 2. The zero-order chi connectivity index (χ0) is 13.6. The predicted octanol–water partition coefficient (Wildman–Crippen LogP) is 4.31. The van der Waals surface area contributed by atoms with Gasteiger partial charge in [-0.2, -0.15) is 0 Å². The second-order valence-electron chi connectivity index (χ2n) is 5.73. The molecule has 0 bridgehead atoms. The molecular formula is C16H18ClNO. The first-order valence-corrected chi connectivity index (χ1v) is 6.97. The van der Waals surface area contributed by atoms with Crippen molar-refractivity contribution in [2.75, 3.05) is 7.05 Å². The molecule has 1 unspecified atom stereocenters. The summed E-state index contributed by atoms with van der Waals surface area (Å²) in [7, 11) is 1.99. The van der Waals surface area contributed by atoms with Gasteiger partial charge in [-0.15, -0.1) is 0 Å². The van der Waals surface area contributed by atoms with Crippen molar-refractivity contribution in [2.45, 2.75) is 31.9 Å². The number of fused-ring (bicyclic) bond motifs is 3. The molecule has 100 valence electrons. The van der Waals surface area contributed by atoms with E-state index in [1.807, 2.05) is 31.3 Å². The summed E-state index contributed by atoms with van der Waals surface area (Å²) in [5, 5.41) is 6.31. The average molecular weight is 276 g/mol. The summed E-state index contributed by atoms with van der Waals surface area (Å²) in [4.78, 5) is 0. The third kappa shape index (κ3) is 2.09. The topological polar surface area (TPSA) is 21.3 Å². The maximum absolute atomic E-state index is 6.40. The molecule has 1 atom stereocenters. The second kappa shape index (κ2) is 4.39. The van der Waals surface area contributed by atoms with Crippen LogP contribution in [0.2, 0.25) is 5.02 Å². The lowest BCUT2D eigenvalue weighted by Gasteiger charge is -2.38. The standard InChI is InChI=1S/C16H18ClNO/c1-16(2)9-14(18-3)12-8-13(17)10-6-4-5-7-11(10)15(12)19-16/h4-8,14,18H,9H2,1-3H3. The molecule has 0 radical (unpaired) electrons. The molecule has 1 N–H and O–H groups in total. The van der Waals surface area contributed by atoms with Crippen molar-refractivity contribution in [2.24, 2.45) is 0 Å². The van der Waals surface area contributed by atoms with Gasteiger partial charge >= 0.3 is 0 Å². The van der Waals surface area contributed by atoms with E-state index in [0.717, 1.165) is 33.5 Å². The third-order valence-electron chi connectivity index (χ3n) is 3.77. The van der Waals surface area contributed by atoms with Crippen LogP contribution in [0, 0.1) is 0 Å². The van der Waals surface area contributed by atoms with E-state index in [1.54, 1.807) is 0 Å². The molecule has 0 spiro atoms. The van der Waals surface area contributed by atoms with Gasteiger partial charge in [-0.25, -0.2) is 0 Å². The molecule has 2 aromatic carbocycles. The highest BCUT2D eigenvalue weighted by atomic mass is 35.5. The minimum Gasteiger partial charge on any atom is -0.487 e. The van der Waals surface area contributed by atoms with Gasteiger partial charge in [-0.05, 0) is 27.0 Å². The normalized spacial score (nSPS) is 20.9. The first kappa shape index (κ1) is 12.8. The molecule has 1 heterocycles. The Morgan fingerprint density at radius 2 is 1.95 bits per heavy atom. The predicted molar refractivity (Wildman–Crippen MR) is 80.1 cm³/mol. The SMILES string of the molecule is CNC1CC(C)(C)Oc2c1cc(Cl)c1ccccc21. The first-order valence-electron chi connectivity index (χ1n) is 6.59. The molecule has 1 aliphatic rings. The van der Waals surface area contributed by atoms with Gasteiger partial charge in [-0.1, -0.05) is 35.9 Å². The van der Waals surface area contributed by atoms with Gasteiger partial charge in [0.25, 0.3) is 0 Å². The van der Waals surface area contributed by atoms with Crippen LogP contribution in [0.5, 0.6) is 5.75 Å². The quantitative estimate of drug-likeness (QED) is 0.837. The van der Waals surface area contributed by atoms with Gasteiger partial charge in [0.1, 0.15) is 11.4 Å². The van der Waals surface area contributed by atoms with E-state index >= 15 is 0 Å². The third-order valence-corrected chi connectivity index (χ3v) is 4.08. The number of hydrogen-bond donors (Lipinski definition) is 1. The highest BCUT2D eigenvalue weighted by Crippen LogP contribution is 2.45. The van der Waals surface area contributed by atoms with Crippen LogP contribution in [0.15, 0.2) is 30.3 Å². The number of nitrogens with one attached hydrogen (secondary N) is 1. The van der Waals surface area contributed by atoms with Crippen LogP contribution < -0.4 is 10.1 Å². The van der Waals surface area contributed by atoms with E-state index in [2.05, 4.69) is 25.2 Å². The molecule has 2 nitrogen and oxygen atoms in total. The lowest BCUT2D eigenvalue weighted by atomic mass is 9.88. The maximum atomic E-state index is 6.40. The summed E-state index contributed by atoms with van der Waals surface area (Å²) < 4.78 is 6.22. The molecule has 0 amide bonds. The molecule has 0 saturated heterocycles. The molecule has 0 saturated carbocycles. The number of benzene rings is 2. The zero-order valence-corrected chi connectivity index (χ0v) is 12.2. The highest BCUT2D eigenvalue weighted by molar-refractivity contribution is 6.36. The number of rotatable bonds is 1. The monoisotopic (exact) mass is 275 g/mol. The fourth-order valence-electron chi connectivity index (χ4n) is 2.87. The Labute approximate surface area is 118 Å². The first-order chi connectivity index (χ1) is 9.02. The Kier molecular flexibility index (Phi) is 2.95. The average Bonchev–Trinajstić information content (AvgIpc) is 2.39. The molecule has 0 aromatic heterocycles. The van der Waals surface area contributed by atoms with Crippen molar-refractivity contribution in [1.82, 2.24) is 5.32 Å². The Bertz CT molecular complexity index is 636. The van der Waals surface area contributed by atoms with Crippen LogP contribution in [0.4, 0.5) is 0 Å². The minimum atomic E-state index is -0.169. The molecule has 1 aliphatic heterocycles. The van der Waals surface area contributed by atoms with Crippen molar-refractivity contribution < 1.29 is 4.74 Å². The summed E-state index contributed by atoms with van der Waals surface area (Å²) in [6.07, 6.45) is 0.936. The molecule has 0 aliphatic carbocycles. The van der Waals surface area contributed by atoms with Crippen molar-refractivity contribution in [3.05, 3.63) is 40.9 Å². The van der Waals surface area contributed by atoms with Crippen molar-refractivity contribution in [3.63, 3.8) is 0 Å². The van der Waals surface area contributed by atoms with Crippen LogP contribution in [0.25, 0.3) is 10.8 Å². The number of halogens is 1. The fourth-order valence-corrected chi connectivity index (χ4v) is 3.16. The summed E-state index contributed by atoms with van der Waals surface area (Å²) in [6, 6.07) is 10.5.